The molecule has 1 saturated heterocycles. The third-order valence-corrected chi connectivity index (χ3v) is 8.26. The molecule has 3 aromatic carbocycles. The Balaban J connectivity index is 1.35. The van der Waals surface area contributed by atoms with Gasteiger partial charge >= 0.3 is 12.4 Å². The molecule has 9 nitrogen and oxygen atoms in total. The molecule has 0 aliphatic carbocycles. The van der Waals surface area contributed by atoms with Gasteiger partial charge in [-0.25, -0.2) is 9.79 Å². The molecule has 1 fully saturated rings. The maximum atomic E-state index is 13.0. The van der Waals surface area contributed by atoms with Gasteiger partial charge in [0, 0.05) is 23.2 Å². The van der Waals surface area contributed by atoms with E-state index < -0.39 is 12.4 Å². The number of hydrogen-bond acceptors (Lipinski definition) is 5. The van der Waals surface area contributed by atoms with Crippen LogP contribution in [0.5, 0.6) is 5.75 Å². The molecule has 1 aliphatic rings. The van der Waals surface area contributed by atoms with Gasteiger partial charge in [-0.05, 0) is 66.8 Å². The number of carbonyl (C=O) groups is 2. The van der Waals surface area contributed by atoms with E-state index in [1.807, 2.05) is 51.1 Å². The number of benzene rings is 3. The summed E-state index contributed by atoms with van der Waals surface area (Å²) in [6, 6.07) is 17.5. The van der Waals surface area contributed by atoms with E-state index in [0.717, 1.165) is 22.4 Å². The summed E-state index contributed by atoms with van der Waals surface area (Å²) in [5.74, 6) is -0.194. The summed E-state index contributed by atoms with van der Waals surface area (Å²) < 4.78 is 40.8. The fraction of sp³-hybridized carbons (Fsp3) is 0.303. The van der Waals surface area contributed by atoms with Gasteiger partial charge in [-0.2, -0.15) is 4.99 Å². The number of alkyl halides is 3. The Morgan fingerprint density at radius 3 is 2.35 bits per heavy atom. The fourth-order valence-corrected chi connectivity index (χ4v) is 5.55. The lowest BCUT2D eigenvalue weighted by Gasteiger charge is -2.23. The molecule has 1 aliphatic heterocycles. The third-order valence-electron chi connectivity index (χ3n) is 7.34. The fourth-order valence-electron chi connectivity index (χ4n) is 4.69. The number of anilines is 2. The lowest BCUT2D eigenvalue weighted by Crippen LogP contribution is -2.36. The van der Waals surface area contributed by atoms with E-state index in [-0.39, 0.29) is 41.1 Å². The van der Waals surface area contributed by atoms with Crippen LogP contribution >= 0.6 is 11.8 Å². The molecular formula is C33H35F3N6O3S. The minimum absolute atomic E-state index is 0.0247. The first kappa shape index (κ1) is 34.2. The molecule has 0 saturated carbocycles. The van der Waals surface area contributed by atoms with E-state index in [0.29, 0.717) is 16.4 Å². The Morgan fingerprint density at radius 2 is 1.72 bits per heavy atom. The van der Waals surface area contributed by atoms with Crippen LogP contribution in [-0.2, 0) is 4.79 Å². The van der Waals surface area contributed by atoms with Crippen molar-refractivity contribution in [1.29, 1.82) is 5.41 Å². The number of thioether (sulfide) groups is 1. The van der Waals surface area contributed by atoms with Gasteiger partial charge in [0.15, 0.2) is 11.0 Å². The van der Waals surface area contributed by atoms with Crippen LogP contribution in [0.25, 0.3) is 0 Å². The number of amides is 3. The van der Waals surface area contributed by atoms with Crippen molar-refractivity contribution in [2.45, 2.75) is 58.9 Å². The number of halogens is 3. The number of aryl methyl sites for hydroxylation is 1. The highest BCUT2D eigenvalue weighted by Crippen LogP contribution is 2.34. The predicted octanol–water partition coefficient (Wildman–Crippen LogP) is 7.82. The van der Waals surface area contributed by atoms with Gasteiger partial charge in [0.25, 0.3) is 0 Å². The molecule has 3 amide bonds. The molecule has 2 atom stereocenters. The van der Waals surface area contributed by atoms with Crippen LogP contribution in [0.4, 0.5) is 29.3 Å². The molecule has 3 N–H and O–H groups in total. The molecule has 0 bridgehead atoms. The first-order chi connectivity index (χ1) is 21.7. The first-order valence-corrected chi connectivity index (χ1v) is 15.5. The molecule has 0 radical (unpaired) electrons. The SMILES string of the molecule is Cc1ccc(C(C)C)c(N2C(=O)CS/C2=N\C(=O)NC(C)C(C)c2ccc(C(=N)/N=C\Nc3ccc(OC(F)(F)F)cc3)cc2)c1. The number of ether oxygens (including phenoxy) is 1. The molecule has 0 aromatic heterocycles. The molecular weight excluding hydrogens is 617 g/mol. The van der Waals surface area contributed by atoms with E-state index in [1.165, 1.54) is 47.3 Å². The molecule has 3 aromatic rings. The monoisotopic (exact) mass is 652 g/mol. The number of nitrogens with zero attached hydrogens (tertiary/aromatic N) is 3. The van der Waals surface area contributed by atoms with E-state index in [4.69, 9.17) is 5.41 Å². The second-order valence-corrected chi connectivity index (χ2v) is 12.0. The molecule has 242 valence electrons. The van der Waals surface area contributed by atoms with Crippen LogP contribution in [0, 0.1) is 12.3 Å². The predicted molar refractivity (Wildman–Crippen MR) is 178 cm³/mol. The number of urea groups is 1. The minimum Gasteiger partial charge on any atom is -0.406 e. The average Bonchev–Trinajstić information content (AvgIpc) is 3.35. The summed E-state index contributed by atoms with van der Waals surface area (Å²) in [7, 11) is 0. The van der Waals surface area contributed by atoms with Gasteiger partial charge in [-0.15, -0.1) is 13.2 Å². The minimum atomic E-state index is -4.76. The number of amidine groups is 2. The van der Waals surface area contributed by atoms with Crippen molar-refractivity contribution in [2.24, 2.45) is 9.98 Å². The zero-order valence-electron chi connectivity index (χ0n) is 26.0. The molecule has 46 heavy (non-hydrogen) atoms. The average molecular weight is 653 g/mol. The Labute approximate surface area is 269 Å². The lowest BCUT2D eigenvalue weighted by molar-refractivity contribution is -0.274. The summed E-state index contributed by atoms with van der Waals surface area (Å²) in [6.45, 7) is 9.91. The van der Waals surface area contributed by atoms with Crippen molar-refractivity contribution in [3.05, 3.63) is 89.0 Å². The maximum Gasteiger partial charge on any atom is 0.573 e. The maximum absolute atomic E-state index is 13.0. The molecule has 4 rings (SSSR count). The van der Waals surface area contributed by atoms with E-state index in [2.05, 4.69) is 39.2 Å². The van der Waals surface area contributed by atoms with Gasteiger partial charge in [-0.3, -0.25) is 15.1 Å². The van der Waals surface area contributed by atoms with Crippen LogP contribution in [0.2, 0.25) is 0 Å². The Bertz CT molecular complexity index is 1640. The Hall–Kier alpha value is -4.65. The quantitative estimate of drug-likeness (QED) is 0.161. The highest BCUT2D eigenvalue weighted by Gasteiger charge is 2.33. The topological polar surface area (TPSA) is 119 Å². The van der Waals surface area contributed by atoms with Crippen molar-refractivity contribution in [2.75, 3.05) is 16.0 Å². The lowest BCUT2D eigenvalue weighted by atomic mass is 9.93. The van der Waals surface area contributed by atoms with Crippen molar-refractivity contribution in [3.63, 3.8) is 0 Å². The van der Waals surface area contributed by atoms with Crippen molar-refractivity contribution in [1.82, 2.24) is 5.32 Å². The van der Waals surface area contributed by atoms with Gasteiger partial charge in [0.2, 0.25) is 5.91 Å². The number of aliphatic imine (C=N–C) groups is 2. The van der Waals surface area contributed by atoms with E-state index in [9.17, 15) is 22.8 Å². The van der Waals surface area contributed by atoms with Gasteiger partial charge in [-0.1, -0.05) is 68.9 Å². The van der Waals surface area contributed by atoms with Crippen molar-refractivity contribution < 1.29 is 27.5 Å². The largest absolute Gasteiger partial charge is 0.573 e. The number of nitrogens with one attached hydrogen (secondary N) is 3. The van der Waals surface area contributed by atoms with Crippen molar-refractivity contribution >= 4 is 52.4 Å². The van der Waals surface area contributed by atoms with Gasteiger partial charge in [0.1, 0.15) is 5.75 Å². The third kappa shape index (κ3) is 8.96. The standard InChI is InChI=1S/C33H35F3N6O3S/c1-19(2)27-15-6-20(3)16-28(27)42-29(43)17-46-32(42)41-31(44)40-22(5)21(4)23-7-9-24(10-8-23)30(37)39-18-38-25-11-13-26(14-12-25)45-33(34,35)36/h6-16,18-19,21-22H,17H2,1-5H3,(H,40,44)(H2,37,38,39)/b41-32-. The van der Waals surface area contributed by atoms with Crippen LogP contribution < -0.4 is 20.3 Å². The summed E-state index contributed by atoms with van der Waals surface area (Å²) in [4.78, 5) is 35.7. The number of rotatable bonds is 9. The Morgan fingerprint density at radius 1 is 1.04 bits per heavy atom. The van der Waals surface area contributed by atoms with Gasteiger partial charge < -0.3 is 15.4 Å². The zero-order valence-corrected chi connectivity index (χ0v) is 26.8. The molecule has 1 heterocycles. The second-order valence-electron chi connectivity index (χ2n) is 11.1. The highest BCUT2D eigenvalue weighted by atomic mass is 32.2. The van der Waals surface area contributed by atoms with Crippen LogP contribution in [0.1, 0.15) is 61.8 Å². The molecule has 2 unspecified atom stereocenters. The zero-order chi connectivity index (χ0) is 33.6. The number of carbonyl (C=O) groups excluding carboxylic acids is 2. The first-order valence-electron chi connectivity index (χ1n) is 14.5. The molecule has 0 spiro atoms. The smallest absolute Gasteiger partial charge is 0.406 e. The Kier molecular flexibility index (Phi) is 10.9. The number of hydrogen-bond donors (Lipinski definition) is 3. The van der Waals surface area contributed by atoms with Crippen LogP contribution in [0.3, 0.4) is 0 Å². The van der Waals surface area contributed by atoms with E-state index >= 15 is 0 Å². The summed E-state index contributed by atoms with van der Waals surface area (Å²) in [6.07, 6.45) is -3.49. The van der Waals surface area contributed by atoms with Gasteiger partial charge in [0.05, 0.1) is 17.8 Å². The normalized spacial score (nSPS) is 15.8. The van der Waals surface area contributed by atoms with Crippen LogP contribution in [-0.4, -0.2) is 47.4 Å². The molecule has 13 heteroatoms. The van der Waals surface area contributed by atoms with E-state index in [1.54, 1.807) is 12.1 Å². The van der Waals surface area contributed by atoms with Crippen molar-refractivity contribution in [3.8, 4) is 5.75 Å². The second kappa shape index (κ2) is 14.6. The summed E-state index contributed by atoms with van der Waals surface area (Å²) in [5.41, 5.74) is 4.70. The van der Waals surface area contributed by atoms with Crippen LogP contribution in [0.15, 0.2) is 76.7 Å². The summed E-state index contributed by atoms with van der Waals surface area (Å²) in [5, 5.41) is 14.3. The highest BCUT2D eigenvalue weighted by molar-refractivity contribution is 8.15. The summed E-state index contributed by atoms with van der Waals surface area (Å²) >= 11 is 1.24.